The lowest BCUT2D eigenvalue weighted by Crippen LogP contribution is -2.31. The van der Waals surface area contributed by atoms with Gasteiger partial charge in [0.15, 0.2) is 0 Å². The molecule has 158 valence electrons. The highest BCUT2D eigenvalue weighted by molar-refractivity contribution is 9.10. The third-order valence-corrected chi connectivity index (χ3v) is 7.13. The molecule has 2 heterocycles. The van der Waals surface area contributed by atoms with E-state index >= 15 is 0 Å². The number of aromatic nitrogens is 2. The predicted octanol–water partition coefficient (Wildman–Crippen LogP) is 6.36. The van der Waals surface area contributed by atoms with Gasteiger partial charge in [0, 0.05) is 25.6 Å². The Bertz CT molecular complexity index is 1360. The summed E-state index contributed by atoms with van der Waals surface area (Å²) in [6.45, 7) is 5.55. The Labute approximate surface area is 196 Å². The third-order valence-electron chi connectivity index (χ3n) is 5.18. The molecule has 5 nitrogen and oxygen atoms in total. The van der Waals surface area contributed by atoms with Crippen LogP contribution in [0.15, 0.2) is 58.1 Å². The van der Waals surface area contributed by atoms with E-state index in [1.165, 1.54) is 22.2 Å². The number of carbonyl (C=O) groups excluding carboxylic acids is 1. The van der Waals surface area contributed by atoms with Crippen molar-refractivity contribution in [3.63, 3.8) is 0 Å². The molecular weight excluding hydrogens is 498 g/mol. The molecule has 2 aromatic carbocycles. The fourth-order valence-corrected chi connectivity index (χ4v) is 4.85. The Morgan fingerprint density at radius 1 is 1.19 bits per heavy atom. The van der Waals surface area contributed by atoms with Crippen LogP contribution < -0.4 is 10.9 Å². The average Bonchev–Trinajstić information content (AvgIpc) is 3.08. The van der Waals surface area contributed by atoms with Crippen molar-refractivity contribution in [2.24, 2.45) is 0 Å². The van der Waals surface area contributed by atoms with Gasteiger partial charge in [-0.3, -0.25) is 14.2 Å². The highest BCUT2D eigenvalue weighted by atomic mass is 79.9. The topological polar surface area (TPSA) is 64.0 Å². The summed E-state index contributed by atoms with van der Waals surface area (Å²) in [4.78, 5) is 32.4. The summed E-state index contributed by atoms with van der Waals surface area (Å²) in [5.41, 5.74) is 3.06. The summed E-state index contributed by atoms with van der Waals surface area (Å²) in [6, 6.07) is 12.4. The summed E-state index contributed by atoms with van der Waals surface area (Å²) in [6.07, 6.45) is 1.44. The van der Waals surface area contributed by atoms with Crippen LogP contribution in [-0.2, 0) is 4.79 Å². The number of carbonyl (C=O) groups is 1. The van der Waals surface area contributed by atoms with Crippen molar-refractivity contribution in [2.75, 3.05) is 5.32 Å². The molecule has 1 unspecified atom stereocenters. The van der Waals surface area contributed by atoms with Crippen LogP contribution in [-0.4, -0.2) is 15.5 Å². The van der Waals surface area contributed by atoms with Gasteiger partial charge in [0.25, 0.3) is 5.56 Å². The van der Waals surface area contributed by atoms with Gasteiger partial charge < -0.3 is 5.32 Å². The van der Waals surface area contributed by atoms with E-state index < -0.39 is 6.04 Å². The van der Waals surface area contributed by atoms with Crippen LogP contribution in [0.25, 0.3) is 21.3 Å². The summed E-state index contributed by atoms with van der Waals surface area (Å²) >= 11 is 11.1. The Balaban J connectivity index is 1.74. The number of hydrogen-bond acceptors (Lipinski definition) is 4. The maximum Gasteiger partial charge on any atom is 0.263 e. The normalized spacial score (nSPS) is 12.2. The first kappa shape index (κ1) is 21.7. The van der Waals surface area contributed by atoms with Gasteiger partial charge in [-0.2, -0.15) is 0 Å². The van der Waals surface area contributed by atoms with E-state index in [0.29, 0.717) is 20.9 Å². The zero-order valence-corrected chi connectivity index (χ0v) is 20.2. The maximum atomic E-state index is 13.4. The number of fused-ring (bicyclic) bond motifs is 1. The number of hydrogen-bond donors (Lipinski definition) is 1. The van der Waals surface area contributed by atoms with E-state index in [4.69, 9.17) is 11.6 Å². The van der Waals surface area contributed by atoms with Crippen molar-refractivity contribution >= 4 is 60.7 Å². The number of thiophene rings is 1. The van der Waals surface area contributed by atoms with E-state index in [2.05, 4.69) is 26.2 Å². The highest BCUT2D eigenvalue weighted by Crippen LogP contribution is 2.36. The minimum Gasteiger partial charge on any atom is -0.324 e. The molecule has 8 heteroatoms. The van der Waals surface area contributed by atoms with E-state index in [9.17, 15) is 9.59 Å². The van der Waals surface area contributed by atoms with E-state index in [1.54, 1.807) is 19.1 Å². The molecule has 4 aromatic rings. The Morgan fingerprint density at radius 3 is 2.58 bits per heavy atom. The van der Waals surface area contributed by atoms with Crippen molar-refractivity contribution in [1.29, 1.82) is 0 Å². The van der Waals surface area contributed by atoms with Crippen LogP contribution in [0.5, 0.6) is 0 Å². The van der Waals surface area contributed by atoms with Crippen LogP contribution in [0.3, 0.4) is 0 Å². The van der Waals surface area contributed by atoms with Crippen molar-refractivity contribution in [1.82, 2.24) is 9.55 Å². The molecule has 2 aromatic heterocycles. The van der Waals surface area contributed by atoms with Gasteiger partial charge in [-0.1, -0.05) is 45.7 Å². The Morgan fingerprint density at radius 2 is 1.90 bits per heavy atom. The Kier molecular flexibility index (Phi) is 6.01. The number of rotatable bonds is 4. The minimum atomic E-state index is -0.748. The lowest BCUT2D eigenvalue weighted by Gasteiger charge is -2.15. The molecule has 0 aliphatic rings. The van der Waals surface area contributed by atoms with Gasteiger partial charge in [0.1, 0.15) is 10.9 Å². The molecule has 1 amide bonds. The number of nitrogens with zero attached hydrogens (tertiary/aromatic N) is 2. The number of amides is 1. The summed E-state index contributed by atoms with van der Waals surface area (Å²) < 4.78 is 2.34. The van der Waals surface area contributed by atoms with E-state index in [1.807, 2.05) is 44.2 Å². The average molecular weight is 517 g/mol. The zero-order valence-electron chi connectivity index (χ0n) is 17.1. The van der Waals surface area contributed by atoms with Gasteiger partial charge >= 0.3 is 0 Å². The molecule has 0 radical (unpaired) electrons. The summed E-state index contributed by atoms with van der Waals surface area (Å²) in [5.74, 6) is -0.319. The molecule has 0 aliphatic carbocycles. The molecule has 0 bridgehead atoms. The molecule has 0 saturated carbocycles. The van der Waals surface area contributed by atoms with Crippen molar-refractivity contribution in [2.45, 2.75) is 26.8 Å². The first-order valence-corrected chi connectivity index (χ1v) is 11.6. The summed E-state index contributed by atoms with van der Waals surface area (Å²) in [5, 5.41) is 3.93. The van der Waals surface area contributed by atoms with Crippen molar-refractivity contribution in [3.05, 3.63) is 79.1 Å². The molecular formula is C23H19BrClN3O2S. The Hall–Kier alpha value is -2.48. The van der Waals surface area contributed by atoms with Crippen LogP contribution in [0.2, 0.25) is 5.02 Å². The predicted molar refractivity (Wildman–Crippen MR) is 131 cm³/mol. The third kappa shape index (κ3) is 4.18. The molecule has 1 N–H and O–H groups in total. The zero-order chi connectivity index (χ0) is 22.3. The number of nitrogens with one attached hydrogen (secondary N) is 1. The first-order valence-electron chi connectivity index (χ1n) is 9.59. The van der Waals surface area contributed by atoms with Crippen LogP contribution in [0.4, 0.5) is 5.69 Å². The molecule has 31 heavy (non-hydrogen) atoms. The van der Waals surface area contributed by atoms with Crippen molar-refractivity contribution in [3.8, 4) is 11.1 Å². The lowest BCUT2D eigenvalue weighted by atomic mass is 10.0. The second kappa shape index (κ2) is 8.57. The van der Waals surface area contributed by atoms with Gasteiger partial charge in [-0.05, 0) is 56.2 Å². The second-order valence-corrected chi connectivity index (χ2v) is 9.83. The summed E-state index contributed by atoms with van der Waals surface area (Å²) in [7, 11) is 0. The standard InChI is InChI=1S/C23H19BrClN3O2S/c1-12-4-9-17(10-18(12)25)27-21(29)13(2)28-11-26-22-20(23(28)30)19(14(3)31-22)15-5-7-16(24)8-6-15/h4-11,13H,1-3H3,(H,27,29). The van der Waals surface area contributed by atoms with Gasteiger partial charge in [0.05, 0.1) is 11.7 Å². The highest BCUT2D eigenvalue weighted by Gasteiger charge is 2.22. The van der Waals surface area contributed by atoms with Crippen LogP contribution in [0.1, 0.15) is 23.4 Å². The largest absolute Gasteiger partial charge is 0.324 e. The number of benzene rings is 2. The monoisotopic (exact) mass is 515 g/mol. The van der Waals surface area contributed by atoms with Gasteiger partial charge in [-0.15, -0.1) is 11.3 Å². The SMILES string of the molecule is Cc1ccc(NC(=O)C(C)n2cnc3sc(C)c(-c4ccc(Br)cc4)c3c2=O)cc1Cl. The number of halogens is 2. The van der Waals surface area contributed by atoms with Gasteiger partial charge in [0.2, 0.25) is 5.91 Å². The van der Waals surface area contributed by atoms with Crippen molar-refractivity contribution < 1.29 is 4.79 Å². The van der Waals surface area contributed by atoms with Crippen LogP contribution >= 0.6 is 38.9 Å². The number of anilines is 1. The molecule has 0 aliphatic heterocycles. The lowest BCUT2D eigenvalue weighted by molar-refractivity contribution is -0.118. The second-order valence-electron chi connectivity index (χ2n) is 7.31. The maximum absolute atomic E-state index is 13.4. The van der Waals surface area contributed by atoms with Gasteiger partial charge in [-0.25, -0.2) is 4.98 Å². The molecule has 0 fully saturated rings. The molecule has 0 spiro atoms. The fourth-order valence-electron chi connectivity index (χ4n) is 3.40. The number of aryl methyl sites for hydroxylation is 2. The molecule has 0 saturated heterocycles. The smallest absolute Gasteiger partial charge is 0.263 e. The fraction of sp³-hybridized carbons (Fsp3) is 0.174. The minimum absolute atomic E-state index is 0.239. The van der Waals surface area contributed by atoms with E-state index in [0.717, 1.165) is 26.0 Å². The molecule has 1 atom stereocenters. The molecule has 4 rings (SSSR count). The van der Waals surface area contributed by atoms with E-state index in [-0.39, 0.29) is 11.5 Å². The van der Waals surface area contributed by atoms with Crippen LogP contribution in [0, 0.1) is 13.8 Å². The first-order chi connectivity index (χ1) is 14.8. The quantitative estimate of drug-likeness (QED) is 0.343.